The second-order valence-corrected chi connectivity index (χ2v) is 6.19. The van der Waals surface area contributed by atoms with Gasteiger partial charge in [-0.1, -0.05) is 32.6 Å². The Balaban J connectivity index is 1.64. The van der Waals surface area contributed by atoms with Crippen molar-refractivity contribution in [3.8, 4) is 6.07 Å². The topological polar surface area (TPSA) is 45.0 Å². The van der Waals surface area contributed by atoms with Gasteiger partial charge < -0.3 is 4.74 Å². The Bertz CT molecular complexity index is 308. The van der Waals surface area contributed by atoms with Crippen molar-refractivity contribution >= 4 is 0 Å². The first-order valence-electron chi connectivity index (χ1n) is 8.05. The molecule has 0 aliphatic heterocycles. The summed E-state index contributed by atoms with van der Waals surface area (Å²) in [4.78, 5) is 0. The molecule has 2 rings (SSSR count). The van der Waals surface area contributed by atoms with Crippen LogP contribution in [0.25, 0.3) is 0 Å². The number of hydrogen-bond donors (Lipinski definition) is 1. The molecule has 19 heavy (non-hydrogen) atoms. The minimum absolute atomic E-state index is 0.272. The van der Waals surface area contributed by atoms with Gasteiger partial charge in [0, 0.05) is 13.2 Å². The number of nitriles is 1. The molecular formula is C16H28N2O. The van der Waals surface area contributed by atoms with Gasteiger partial charge in [0.25, 0.3) is 0 Å². The predicted octanol–water partition coefficient (Wildman–Crippen LogP) is 3.26. The normalized spacial score (nSPS) is 31.1. The van der Waals surface area contributed by atoms with Crippen molar-refractivity contribution in [2.75, 3.05) is 19.8 Å². The Morgan fingerprint density at radius 1 is 1.21 bits per heavy atom. The molecule has 0 aromatic heterocycles. The first-order valence-corrected chi connectivity index (χ1v) is 8.05. The van der Waals surface area contributed by atoms with E-state index in [2.05, 4.69) is 18.3 Å². The minimum atomic E-state index is -0.272. The molecule has 108 valence electrons. The molecule has 0 radical (unpaired) electrons. The maximum absolute atomic E-state index is 9.48. The van der Waals surface area contributed by atoms with Crippen molar-refractivity contribution in [1.29, 1.82) is 5.26 Å². The van der Waals surface area contributed by atoms with Gasteiger partial charge in [-0.3, -0.25) is 5.32 Å². The standard InChI is InChI=1S/C16H28N2O/c1-2-18-16(13-17)10-4-7-15(16)9-12-19-11-8-14-5-3-6-14/h14-15,18H,2-12H2,1H3. The molecule has 0 aromatic carbocycles. The molecule has 0 spiro atoms. The SMILES string of the molecule is CCNC1(C#N)CCCC1CCOCCC1CCC1. The summed E-state index contributed by atoms with van der Waals surface area (Å²) >= 11 is 0. The average molecular weight is 264 g/mol. The minimum Gasteiger partial charge on any atom is -0.381 e. The Morgan fingerprint density at radius 3 is 2.63 bits per heavy atom. The fraction of sp³-hybridized carbons (Fsp3) is 0.938. The summed E-state index contributed by atoms with van der Waals surface area (Å²) in [6.45, 7) is 4.71. The lowest BCUT2D eigenvalue weighted by molar-refractivity contribution is 0.0900. The molecule has 0 saturated heterocycles. The number of rotatable bonds is 8. The molecule has 2 aliphatic carbocycles. The predicted molar refractivity (Wildman–Crippen MR) is 76.8 cm³/mol. The van der Waals surface area contributed by atoms with Crippen molar-refractivity contribution in [3.63, 3.8) is 0 Å². The van der Waals surface area contributed by atoms with Crippen molar-refractivity contribution in [2.24, 2.45) is 11.8 Å². The Kier molecular flexibility index (Phi) is 5.66. The van der Waals surface area contributed by atoms with Crippen LogP contribution < -0.4 is 5.32 Å². The van der Waals surface area contributed by atoms with E-state index in [0.29, 0.717) is 5.92 Å². The second kappa shape index (κ2) is 7.26. The summed E-state index contributed by atoms with van der Waals surface area (Å²) in [6.07, 6.45) is 9.85. The zero-order chi connectivity index (χ0) is 13.6. The van der Waals surface area contributed by atoms with E-state index < -0.39 is 0 Å². The quantitative estimate of drug-likeness (QED) is 0.684. The third-order valence-electron chi connectivity index (χ3n) is 5.02. The van der Waals surface area contributed by atoms with E-state index in [1.54, 1.807) is 0 Å². The molecule has 2 fully saturated rings. The molecule has 0 aromatic rings. The second-order valence-electron chi connectivity index (χ2n) is 6.19. The van der Waals surface area contributed by atoms with Crippen LogP contribution >= 0.6 is 0 Å². The highest BCUT2D eigenvalue weighted by molar-refractivity contribution is 5.13. The fourth-order valence-electron chi connectivity index (χ4n) is 3.56. The molecule has 2 saturated carbocycles. The summed E-state index contributed by atoms with van der Waals surface area (Å²) in [5.41, 5.74) is -0.272. The van der Waals surface area contributed by atoms with Crippen molar-refractivity contribution in [2.45, 2.75) is 63.8 Å². The van der Waals surface area contributed by atoms with E-state index in [9.17, 15) is 5.26 Å². The lowest BCUT2D eigenvalue weighted by Crippen LogP contribution is -2.47. The van der Waals surface area contributed by atoms with Crippen molar-refractivity contribution in [3.05, 3.63) is 0 Å². The first-order chi connectivity index (χ1) is 9.30. The van der Waals surface area contributed by atoms with Crippen molar-refractivity contribution < 1.29 is 4.74 Å². The largest absolute Gasteiger partial charge is 0.381 e. The summed E-state index contributed by atoms with van der Waals surface area (Å²) < 4.78 is 5.78. The van der Waals surface area contributed by atoms with Gasteiger partial charge in [0.05, 0.1) is 6.07 Å². The third-order valence-corrected chi connectivity index (χ3v) is 5.02. The van der Waals surface area contributed by atoms with Crippen LogP contribution in [0, 0.1) is 23.2 Å². The summed E-state index contributed by atoms with van der Waals surface area (Å²) in [7, 11) is 0. The van der Waals surface area contributed by atoms with Gasteiger partial charge >= 0.3 is 0 Å². The Morgan fingerprint density at radius 2 is 2.00 bits per heavy atom. The van der Waals surface area contributed by atoms with Gasteiger partial charge in [0.2, 0.25) is 0 Å². The van der Waals surface area contributed by atoms with E-state index in [0.717, 1.165) is 38.5 Å². The zero-order valence-electron chi connectivity index (χ0n) is 12.3. The first kappa shape index (κ1) is 14.8. The van der Waals surface area contributed by atoms with E-state index in [4.69, 9.17) is 4.74 Å². The summed E-state index contributed by atoms with van der Waals surface area (Å²) in [5.74, 6) is 1.41. The number of nitrogens with one attached hydrogen (secondary N) is 1. The van der Waals surface area contributed by atoms with Gasteiger partial charge in [-0.2, -0.15) is 5.26 Å². The number of hydrogen-bond acceptors (Lipinski definition) is 3. The summed E-state index contributed by atoms with van der Waals surface area (Å²) in [6, 6.07) is 2.54. The van der Waals surface area contributed by atoms with Gasteiger partial charge in [-0.05, 0) is 44.1 Å². The van der Waals surface area contributed by atoms with Crippen LogP contribution in [0.5, 0.6) is 0 Å². The van der Waals surface area contributed by atoms with E-state index >= 15 is 0 Å². The Hall–Kier alpha value is -0.590. The average Bonchev–Trinajstić information content (AvgIpc) is 2.75. The van der Waals surface area contributed by atoms with Crippen LogP contribution in [0.4, 0.5) is 0 Å². The van der Waals surface area contributed by atoms with Crippen LogP contribution in [0.3, 0.4) is 0 Å². The lowest BCUT2D eigenvalue weighted by Gasteiger charge is -2.29. The van der Waals surface area contributed by atoms with Crippen LogP contribution in [0.2, 0.25) is 0 Å². The van der Waals surface area contributed by atoms with Gasteiger partial charge in [-0.15, -0.1) is 0 Å². The smallest absolute Gasteiger partial charge is 0.109 e. The van der Waals surface area contributed by atoms with E-state index in [-0.39, 0.29) is 5.54 Å². The molecule has 0 bridgehead atoms. The molecule has 0 amide bonds. The number of ether oxygens (including phenoxy) is 1. The zero-order valence-corrected chi connectivity index (χ0v) is 12.3. The summed E-state index contributed by atoms with van der Waals surface area (Å²) in [5, 5.41) is 12.9. The van der Waals surface area contributed by atoms with Gasteiger partial charge in [0.1, 0.15) is 5.54 Å². The molecule has 3 heteroatoms. The molecule has 2 aliphatic rings. The molecule has 3 nitrogen and oxygen atoms in total. The fourth-order valence-corrected chi connectivity index (χ4v) is 3.56. The maximum Gasteiger partial charge on any atom is 0.109 e. The third kappa shape index (κ3) is 3.70. The Labute approximate surface area is 117 Å². The van der Waals surface area contributed by atoms with E-state index in [1.165, 1.54) is 38.5 Å². The van der Waals surface area contributed by atoms with Gasteiger partial charge in [0.15, 0.2) is 0 Å². The monoisotopic (exact) mass is 264 g/mol. The van der Waals surface area contributed by atoms with Crippen molar-refractivity contribution in [1.82, 2.24) is 5.32 Å². The highest BCUT2D eigenvalue weighted by atomic mass is 16.5. The van der Waals surface area contributed by atoms with Crippen LogP contribution in [0.15, 0.2) is 0 Å². The lowest BCUT2D eigenvalue weighted by atomic mass is 9.83. The molecular weight excluding hydrogens is 236 g/mol. The van der Waals surface area contributed by atoms with Gasteiger partial charge in [-0.25, -0.2) is 0 Å². The van der Waals surface area contributed by atoms with Crippen LogP contribution in [-0.4, -0.2) is 25.3 Å². The molecule has 2 atom stereocenters. The number of nitrogens with zero attached hydrogens (tertiary/aromatic N) is 1. The highest BCUT2D eigenvalue weighted by Crippen LogP contribution is 2.37. The molecule has 1 N–H and O–H groups in total. The maximum atomic E-state index is 9.48. The molecule has 0 heterocycles. The van der Waals surface area contributed by atoms with Crippen LogP contribution in [0.1, 0.15) is 58.3 Å². The van der Waals surface area contributed by atoms with E-state index in [1.807, 2.05) is 0 Å². The molecule has 2 unspecified atom stereocenters. The van der Waals surface area contributed by atoms with Crippen LogP contribution in [-0.2, 0) is 4.74 Å². The highest BCUT2D eigenvalue weighted by Gasteiger charge is 2.42.